The lowest BCUT2D eigenvalue weighted by Gasteiger charge is -2.01. The Kier molecular flexibility index (Phi) is 4.19. The summed E-state index contributed by atoms with van der Waals surface area (Å²) in [6, 6.07) is 5.99. The Morgan fingerprint density at radius 1 is 1.40 bits per heavy atom. The average Bonchev–Trinajstić information content (AvgIpc) is 2.92. The summed E-state index contributed by atoms with van der Waals surface area (Å²) in [5.74, 6) is -0.576. The first-order valence-electron chi connectivity index (χ1n) is 6.67. The van der Waals surface area contributed by atoms with Crippen LogP contribution in [-0.4, -0.2) is 12.6 Å². The molecule has 0 bridgehead atoms. The summed E-state index contributed by atoms with van der Waals surface area (Å²) in [6.07, 6.45) is 1.87. The van der Waals surface area contributed by atoms with Crippen LogP contribution in [0.1, 0.15) is 26.3 Å². The van der Waals surface area contributed by atoms with Gasteiger partial charge in [0.05, 0.1) is 12.5 Å². The second-order valence-electron chi connectivity index (χ2n) is 5.60. The first kappa shape index (κ1) is 15.0. The predicted molar refractivity (Wildman–Crippen MR) is 77.6 cm³/mol. The van der Waals surface area contributed by atoms with Crippen LogP contribution in [0.5, 0.6) is 0 Å². The monoisotopic (exact) mass is 296 g/mol. The van der Waals surface area contributed by atoms with Crippen LogP contribution in [0.3, 0.4) is 0 Å². The molecule has 0 N–H and O–H groups in total. The van der Waals surface area contributed by atoms with Gasteiger partial charge < -0.3 is 4.74 Å². The van der Waals surface area contributed by atoms with Crippen molar-refractivity contribution >= 4 is 22.6 Å². The molecule has 4 heteroatoms. The summed E-state index contributed by atoms with van der Waals surface area (Å²) >= 11 is 6.25. The molecule has 108 valence electrons. The van der Waals surface area contributed by atoms with Crippen LogP contribution < -0.4 is 0 Å². The predicted octanol–water partition coefficient (Wildman–Crippen LogP) is 4.24. The van der Waals surface area contributed by atoms with E-state index in [2.05, 4.69) is 0 Å². The van der Waals surface area contributed by atoms with Crippen molar-refractivity contribution in [1.29, 1.82) is 0 Å². The van der Waals surface area contributed by atoms with E-state index in [1.165, 1.54) is 12.1 Å². The van der Waals surface area contributed by atoms with Crippen molar-refractivity contribution in [3.05, 3.63) is 41.7 Å². The molecule has 0 aliphatic heterocycles. The SMILES string of the molecule is CCOC(=O)[C@@H]1[C@H](/C=C(\Cl)c2ccc(F)cc2)C1(C)C. The van der Waals surface area contributed by atoms with Gasteiger partial charge in [0, 0.05) is 5.03 Å². The number of hydrogen-bond donors (Lipinski definition) is 0. The highest BCUT2D eigenvalue weighted by Gasteiger charge is 2.61. The van der Waals surface area contributed by atoms with Crippen molar-refractivity contribution in [3.63, 3.8) is 0 Å². The molecule has 1 fully saturated rings. The minimum Gasteiger partial charge on any atom is -0.466 e. The van der Waals surface area contributed by atoms with Gasteiger partial charge in [-0.05, 0) is 36.0 Å². The third kappa shape index (κ3) is 2.88. The minimum absolute atomic E-state index is 0.0547. The number of rotatable bonds is 4. The Labute approximate surface area is 123 Å². The van der Waals surface area contributed by atoms with Crippen LogP contribution >= 0.6 is 11.6 Å². The first-order valence-corrected chi connectivity index (χ1v) is 7.05. The van der Waals surface area contributed by atoms with Crippen LogP contribution in [-0.2, 0) is 9.53 Å². The number of carbonyl (C=O) groups is 1. The Morgan fingerprint density at radius 3 is 2.55 bits per heavy atom. The van der Waals surface area contributed by atoms with E-state index < -0.39 is 0 Å². The molecule has 0 unspecified atom stereocenters. The van der Waals surface area contributed by atoms with E-state index in [9.17, 15) is 9.18 Å². The largest absolute Gasteiger partial charge is 0.466 e. The van der Waals surface area contributed by atoms with E-state index in [0.717, 1.165) is 5.56 Å². The second kappa shape index (κ2) is 5.57. The van der Waals surface area contributed by atoms with Crippen molar-refractivity contribution in [2.45, 2.75) is 20.8 Å². The number of benzene rings is 1. The molecule has 0 amide bonds. The number of halogens is 2. The van der Waals surface area contributed by atoms with Gasteiger partial charge in [-0.2, -0.15) is 0 Å². The smallest absolute Gasteiger partial charge is 0.310 e. The fraction of sp³-hybridized carbons (Fsp3) is 0.438. The molecule has 1 aromatic rings. The molecule has 0 heterocycles. The summed E-state index contributed by atoms with van der Waals surface area (Å²) < 4.78 is 18.0. The Morgan fingerprint density at radius 2 is 2.00 bits per heavy atom. The maximum Gasteiger partial charge on any atom is 0.310 e. The molecule has 20 heavy (non-hydrogen) atoms. The lowest BCUT2D eigenvalue weighted by atomic mass is 10.1. The van der Waals surface area contributed by atoms with E-state index in [4.69, 9.17) is 16.3 Å². The zero-order chi connectivity index (χ0) is 14.9. The zero-order valence-corrected chi connectivity index (χ0v) is 12.6. The number of allylic oxidation sites excluding steroid dienone is 1. The van der Waals surface area contributed by atoms with Gasteiger partial charge in [0.1, 0.15) is 5.82 Å². The van der Waals surface area contributed by atoms with Crippen LogP contribution in [0.25, 0.3) is 5.03 Å². The van der Waals surface area contributed by atoms with Crippen LogP contribution in [0, 0.1) is 23.1 Å². The summed E-state index contributed by atoms with van der Waals surface area (Å²) in [5.41, 5.74) is 0.602. The van der Waals surface area contributed by atoms with Gasteiger partial charge >= 0.3 is 5.97 Å². The molecule has 0 spiro atoms. The molecule has 0 aromatic heterocycles. The number of esters is 1. The van der Waals surface area contributed by atoms with Crippen LogP contribution in [0.2, 0.25) is 0 Å². The van der Waals surface area contributed by atoms with Crippen LogP contribution in [0.4, 0.5) is 4.39 Å². The standard InChI is InChI=1S/C16H18ClFO2/c1-4-20-15(19)14-12(16(14,2)3)9-13(17)10-5-7-11(18)8-6-10/h5-9,12,14H,4H2,1-3H3/b13-9-/t12-,14-/m0/s1. The van der Waals surface area contributed by atoms with Gasteiger partial charge in [-0.3, -0.25) is 4.79 Å². The first-order chi connectivity index (χ1) is 9.37. The molecule has 2 nitrogen and oxygen atoms in total. The van der Waals surface area contributed by atoms with Crippen molar-refractivity contribution in [2.24, 2.45) is 17.3 Å². The van der Waals surface area contributed by atoms with Gasteiger partial charge in [-0.1, -0.05) is 43.7 Å². The maximum atomic E-state index is 12.9. The van der Waals surface area contributed by atoms with E-state index in [-0.39, 0.29) is 29.0 Å². The Hall–Kier alpha value is -1.35. The highest BCUT2D eigenvalue weighted by molar-refractivity contribution is 6.48. The summed E-state index contributed by atoms with van der Waals surface area (Å²) in [6.45, 7) is 6.21. The summed E-state index contributed by atoms with van der Waals surface area (Å²) in [5, 5.41) is 0.537. The van der Waals surface area contributed by atoms with Gasteiger partial charge in [-0.25, -0.2) is 4.39 Å². The number of ether oxygens (including phenoxy) is 1. The highest BCUT2D eigenvalue weighted by atomic mass is 35.5. The molecule has 2 rings (SSSR count). The van der Waals surface area contributed by atoms with Gasteiger partial charge in [0.15, 0.2) is 0 Å². The van der Waals surface area contributed by atoms with E-state index >= 15 is 0 Å². The topological polar surface area (TPSA) is 26.3 Å². The quantitative estimate of drug-likeness (QED) is 0.777. The highest BCUT2D eigenvalue weighted by Crippen LogP contribution is 2.60. The minimum atomic E-state index is -0.297. The van der Waals surface area contributed by atoms with Crippen LogP contribution in [0.15, 0.2) is 30.3 Å². The zero-order valence-electron chi connectivity index (χ0n) is 11.8. The Balaban J connectivity index is 2.14. The fourth-order valence-corrected chi connectivity index (χ4v) is 2.80. The maximum absolute atomic E-state index is 12.9. The molecule has 0 radical (unpaired) electrons. The molecule has 1 saturated carbocycles. The fourth-order valence-electron chi connectivity index (χ4n) is 2.53. The van der Waals surface area contributed by atoms with E-state index in [1.54, 1.807) is 19.1 Å². The van der Waals surface area contributed by atoms with E-state index in [1.807, 2.05) is 19.9 Å². The molecule has 1 aromatic carbocycles. The number of carbonyl (C=O) groups excluding carboxylic acids is 1. The van der Waals surface area contributed by atoms with Crippen molar-refractivity contribution in [3.8, 4) is 0 Å². The second-order valence-corrected chi connectivity index (χ2v) is 6.01. The van der Waals surface area contributed by atoms with E-state index in [0.29, 0.717) is 11.6 Å². The lowest BCUT2D eigenvalue weighted by Crippen LogP contribution is -2.10. The van der Waals surface area contributed by atoms with Crippen molar-refractivity contribution < 1.29 is 13.9 Å². The van der Waals surface area contributed by atoms with Gasteiger partial charge in [0.2, 0.25) is 0 Å². The van der Waals surface area contributed by atoms with Crippen molar-refractivity contribution in [1.82, 2.24) is 0 Å². The molecule has 1 aliphatic rings. The molecule has 0 saturated heterocycles. The molecular weight excluding hydrogens is 279 g/mol. The molecular formula is C16H18ClFO2. The average molecular weight is 297 g/mol. The summed E-state index contributed by atoms with van der Waals surface area (Å²) in [4.78, 5) is 11.8. The summed E-state index contributed by atoms with van der Waals surface area (Å²) in [7, 11) is 0. The third-order valence-electron chi connectivity index (χ3n) is 3.90. The van der Waals surface area contributed by atoms with Gasteiger partial charge in [0.25, 0.3) is 0 Å². The van der Waals surface area contributed by atoms with Crippen molar-refractivity contribution in [2.75, 3.05) is 6.61 Å². The third-order valence-corrected chi connectivity index (χ3v) is 4.24. The van der Waals surface area contributed by atoms with Gasteiger partial charge in [-0.15, -0.1) is 0 Å². The normalized spacial score (nSPS) is 24.4. The molecule has 2 atom stereocenters. The lowest BCUT2D eigenvalue weighted by molar-refractivity contribution is -0.145. The number of hydrogen-bond acceptors (Lipinski definition) is 2. The molecule has 1 aliphatic carbocycles. The Bertz CT molecular complexity index is 534.